The van der Waals surface area contributed by atoms with E-state index in [1.54, 1.807) is 24.0 Å². The van der Waals surface area contributed by atoms with E-state index in [0.29, 0.717) is 30.3 Å². The molecule has 0 saturated heterocycles. The normalized spacial score (nSPS) is 12.5. The van der Waals surface area contributed by atoms with Gasteiger partial charge in [-0.05, 0) is 67.6 Å². The summed E-state index contributed by atoms with van der Waals surface area (Å²) in [5, 5.41) is 24.1. The first-order valence-corrected chi connectivity index (χ1v) is 11.9. The topological polar surface area (TPSA) is 119 Å². The molecule has 3 amide bonds. The molecule has 36 heavy (non-hydrogen) atoms. The SMILES string of the molecule is CCCN(CCC)C(=O)c1cc(C)cc(C(=O)N[C@@H](Cc2cc(F)cc(F)c2)[C@H](O)CNC(=O)O)c1. The van der Waals surface area contributed by atoms with Crippen molar-refractivity contribution < 1.29 is 33.4 Å². The fraction of sp³-hybridized carbons (Fsp3) is 0.423. The summed E-state index contributed by atoms with van der Waals surface area (Å²) in [4.78, 5) is 38.8. The number of carbonyl (C=O) groups is 3. The molecule has 0 unspecified atom stereocenters. The summed E-state index contributed by atoms with van der Waals surface area (Å²) in [5.74, 6) is -2.46. The van der Waals surface area contributed by atoms with E-state index in [2.05, 4.69) is 5.32 Å². The number of aliphatic hydroxyl groups is 1. The van der Waals surface area contributed by atoms with Gasteiger partial charge in [-0.15, -0.1) is 0 Å². The molecule has 0 bridgehead atoms. The third-order valence-corrected chi connectivity index (χ3v) is 5.48. The molecule has 2 aromatic carbocycles. The van der Waals surface area contributed by atoms with E-state index in [0.717, 1.165) is 25.0 Å². The van der Waals surface area contributed by atoms with E-state index < -0.39 is 42.3 Å². The van der Waals surface area contributed by atoms with Gasteiger partial charge < -0.3 is 25.7 Å². The smallest absolute Gasteiger partial charge is 0.404 e. The van der Waals surface area contributed by atoms with E-state index in [1.165, 1.54) is 6.07 Å². The van der Waals surface area contributed by atoms with Crippen molar-refractivity contribution in [2.24, 2.45) is 0 Å². The van der Waals surface area contributed by atoms with Crippen LogP contribution in [0.25, 0.3) is 0 Å². The minimum Gasteiger partial charge on any atom is -0.465 e. The molecular weight excluding hydrogens is 472 g/mol. The third kappa shape index (κ3) is 8.60. The number of hydrogen-bond acceptors (Lipinski definition) is 4. The van der Waals surface area contributed by atoms with E-state index in [1.807, 2.05) is 19.2 Å². The van der Waals surface area contributed by atoms with Crippen LogP contribution in [0, 0.1) is 18.6 Å². The molecule has 2 aromatic rings. The fourth-order valence-corrected chi connectivity index (χ4v) is 3.93. The van der Waals surface area contributed by atoms with Crippen molar-refractivity contribution in [2.75, 3.05) is 19.6 Å². The number of rotatable bonds is 12. The van der Waals surface area contributed by atoms with Crippen LogP contribution in [0.15, 0.2) is 36.4 Å². The quantitative estimate of drug-likeness (QED) is 0.352. The Morgan fingerprint density at radius 2 is 1.53 bits per heavy atom. The molecule has 0 radical (unpaired) electrons. The maximum atomic E-state index is 13.7. The molecule has 0 heterocycles. The van der Waals surface area contributed by atoms with Crippen LogP contribution in [-0.2, 0) is 6.42 Å². The van der Waals surface area contributed by atoms with Crippen molar-refractivity contribution in [2.45, 2.75) is 52.2 Å². The van der Waals surface area contributed by atoms with Gasteiger partial charge in [-0.1, -0.05) is 13.8 Å². The Morgan fingerprint density at radius 3 is 2.08 bits per heavy atom. The summed E-state index contributed by atoms with van der Waals surface area (Å²) in [6, 6.07) is 6.49. The lowest BCUT2D eigenvalue weighted by Gasteiger charge is -2.25. The van der Waals surface area contributed by atoms with Crippen molar-refractivity contribution in [3.8, 4) is 0 Å². The second-order valence-corrected chi connectivity index (χ2v) is 8.70. The first-order chi connectivity index (χ1) is 17.0. The zero-order valence-corrected chi connectivity index (χ0v) is 20.7. The highest BCUT2D eigenvalue weighted by molar-refractivity contribution is 6.00. The first-order valence-electron chi connectivity index (χ1n) is 11.9. The average Bonchev–Trinajstić information content (AvgIpc) is 2.80. The molecule has 0 aliphatic heterocycles. The lowest BCUT2D eigenvalue weighted by molar-refractivity contribution is 0.0755. The molecule has 0 spiro atoms. The molecule has 2 rings (SSSR count). The van der Waals surface area contributed by atoms with E-state index in [-0.39, 0.29) is 23.5 Å². The van der Waals surface area contributed by atoms with Gasteiger partial charge in [-0.3, -0.25) is 9.59 Å². The highest BCUT2D eigenvalue weighted by Gasteiger charge is 2.25. The van der Waals surface area contributed by atoms with Crippen LogP contribution in [0.5, 0.6) is 0 Å². The van der Waals surface area contributed by atoms with Gasteiger partial charge in [0.1, 0.15) is 11.6 Å². The van der Waals surface area contributed by atoms with Crippen LogP contribution in [-0.4, -0.2) is 64.8 Å². The molecule has 0 saturated carbocycles. The maximum Gasteiger partial charge on any atom is 0.404 e. The Bertz CT molecular complexity index is 1050. The summed E-state index contributed by atoms with van der Waals surface area (Å²) >= 11 is 0. The summed E-state index contributed by atoms with van der Waals surface area (Å²) in [6.07, 6.45) is -1.36. The van der Waals surface area contributed by atoms with E-state index in [4.69, 9.17) is 5.11 Å². The molecule has 2 atom stereocenters. The molecule has 196 valence electrons. The van der Waals surface area contributed by atoms with Crippen LogP contribution >= 0.6 is 0 Å². The predicted octanol–water partition coefficient (Wildman–Crippen LogP) is 3.51. The van der Waals surface area contributed by atoms with Crippen LogP contribution in [0.1, 0.15) is 58.5 Å². The highest BCUT2D eigenvalue weighted by Crippen LogP contribution is 2.16. The number of carboxylic acid groups (broad SMARTS) is 1. The van der Waals surface area contributed by atoms with Gasteiger partial charge in [0.2, 0.25) is 0 Å². The Hall–Kier alpha value is -3.53. The number of benzene rings is 2. The van der Waals surface area contributed by atoms with Gasteiger partial charge in [-0.2, -0.15) is 0 Å². The van der Waals surface area contributed by atoms with Gasteiger partial charge in [0.15, 0.2) is 0 Å². The average molecular weight is 506 g/mol. The van der Waals surface area contributed by atoms with Crippen LogP contribution in [0.4, 0.5) is 13.6 Å². The van der Waals surface area contributed by atoms with Gasteiger partial charge >= 0.3 is 6.09 Å². The molecule has 4 N–H and O–H groups in total. The lowest BCUT2D eigenvalue weighted by Crippen LogP contribution is -2.49. The van der Waals surface area contributed by atoms with Crippen molar-refractivity contribution >= 4 is 17.9 Å². The number of hydrogen-bond donors (Lipinski definition) is 4. The number of aliphatic hydroxyl groups excluding tert-OH is 1. The van der Waals surface area contributed by atoms with Gasteiger partial charge in [0, 0.05) is 36.8 Å². The lowest BCUT2D eigenvalue weighted by atomic mass is 9.99. The fourth-order valence-electron chi connectivity index (χ4n) is 3.93. The molecule has 0 aliphatic rings. The zero-order chi connectivity index (χ0) is 26.8. The Balaban J connectivity index is 2.31. The Labute approximate surface area is 209 Å². The van der Waals surface area contributed by atoms with Crippen molar-refractivity contribution in [3.05, 3.63) is 70.3 Å². The molecule has 0 aromatic heterocycles. The first kappa shape index (κ1) is 28.7. The second-order valence-electron chi connectivity index (χ2n) is 8.70. The number of nitrogens with zero attached hydrogens (tertiary/aromatic N) is 1. The summed E-state index contributed by atoms with van der Waals surface area (Å²) < 4.78 is 27.4. The molecular formula is C26H33F2N3O5. The highest BCUT2D eigenvalue weighted by atomic mass is 19.1. The minimum atomic E-state index is -1.40. The van der Waals surface area contributed by atoms with Crippen LogP contribution < -0.4 is 10.6 Å². The number of carbonyl (C=O) groups excluding carboxylic acids is 2. The Kier molecular flexibility index (Phi) is 10.8. The number of amides is 3. The van der Waals surface area contributed by atoms with E-state index in [9.17, 15) is 28.3 Å². The number of aryl methyl sites for hydroxylation is 1. The van der Waals surface area contributed by atoms with Crippen LogP contribution in [0.2, 0.25) is 0 Å². The maximum absolute atomic E-state index is 13.7. The largest absolute Gasteiger partial charge is 0.465 e. The molecule has 0 fully saturated rings. The van der Waals surface area contributed by atoms with Gasteiger partial charge in [0.05, 0.1) is 12.1 Å². The summed E-state index contributed by atoms with van der Waals surface area (Å²) in [5.41, 5.74) is 1.36. The predicted molar refractivity (Wildman–Crippen MR) is 131 cm³/mol. The summed E-state index contributed by atoms with van der Waals surface area (Å²) in [6.45, 7) is 6.43. The van der Waals surface area contributed by atoms with Crippen molar-refractivity contribution in [3.63, 3.8) is 0 Å². The van der Waals surface area contributed by atoms with E-state index >= 15 is 0 Å². The zero-order valence-electron chi connectivity index (χ0n) is 20.7. The number of nitrogens with one attached hydrogen (secondary N) is 2. The van der Waals surface area contributed by atoms with Gasteiger partial charge in [0.25, 0.3) is 11.8 Å². The molecule has 0 aliphatic carbocycles. The molecule has 8 nitrogen and oxygen atoms in total. The third-order valence-electron chi connectivity index (χ3n) is 5.48. The van der Waals surface area contributed by atoms with Crippen molar-refractivity contribution in [1.82, 2.24) is 15.5 Å². The van der Waals surface area contributed by atoms with Crippen molar-refractivity contribution in [1.29, 1.82) is 0 Å². The molecule has 10 heteroatoms. The Morgan fingerprint density at radius 1 is 0.944 bits per heavy atom. The number of halogens is 2. The van der Waals surface area contributed by atoms with Gasteiger partial charge in [-0.25, -0.2) is 13.6 Å². The standard InChI is InChI=1S/C26H33F2N3O5/c1-4-6-31(7-5-2)25(34)19-9-16(3)8-18(13-19)24(33)30-22(23(32)15-29-26(35)36)12-17-10-20(27)14-21(28)11-17/h8-11,13-14,22-23,29,32H,4-7,12,15H2,1-3H3,(H,30,33)(H,35,36)/t22-,23+/m0/s1. The summed E-state index contributed by atoms with van der Waals surface area (Å²) in [7, 11) is 0. The monoisotopic (exact) mass is 505 g/mol. The van der Waals surface area contributed by atoms with Crippen LogP contribution in [0.3, 0.4) is 0 Å². The minimum absolute atomic E-state index is 0.165. The second kappa shape index (κ2) is 13.5.